The van der Waals surface area contributed by atoms with Crippen LogP contribution in [-0.4, -0.2) is 11.7 Å². The average molecular weight is 226 g/mol. The number of hydrogen-bond acceptors (Lipinski definition) is 1. The lowest BCUT2D eigenvalue weighted by molar-refractivity contribution is 0.0482. The lowest BCUT2D eigenvalue weighted by atomic mass is 9.61. The smallest absolute Gasteiger partial charge is 0.0433 e. The maximum atomic E-state index is 9.10. The Hall–Kier alpha value is -0.0400. The highest BCUT2D eigenvalue weighted by atomic mass is 16.3. The van der Waals surface area contributed by atoms with Crippen LogP contribution in [0.25, 0.3) is 0 Å². The van der Waals surface area contributed by atoms with E-state index in [-0.39, 0.29) is 0 Å². The Kier molecular flexibility index (Phi) is 5.30. The Morgan fingerprint density at radius 1 is 1.19 bits per heavy atom. The second kappa shape index (κ2) is 6.05. The zero-order valence-electron chi connectivity index (χ0n) is 11.6. The van der Waals surface area contributed by atoms with Crippen LogP contribution in [0.4, 0.5) is 0 Å². The predicted molar refractivity (Wildman–Crippen MR) is 70.4 cm³/mol. The highest BCUT2D eigenvalue weighted by Gasteiger charge is 2.49. The first-order valence-electron chi connectivity index (χ1n) is 7.29. The highest BCUT2D eigenvalue weighted by Crippen LogP contribution is 2.58. The second-order valence-corrected chi connectivity index (χ2v) is 5.77. The average Bonchev–Trinajstić information content (AvgIpc) is 2.61. The van der Waals surface area contributed by atoms with Crippen LogP contribution in [0, 0.1) is 23.2 Å². The van der Waals surface area contributed by atoms with E-state index in [1.807, 2.05) is 13.8 Å². The zero-order valence-corrected chi connectivity index (χ0v) is 11.6. The highest BCUT2D eigenvalue weighted by molar-refractivity contribution is 4.98. The third-order valence-corrected chi connectivity index (χ3v) is 5.15. The van der Waals surface area contributed by atoms with Crippen molar-refractivity contribution in [3.63, 3.8) is 0 Å². The molecule has 2 saturated carbocycles. The molecule has 0 spiro atoms. The van der Waals surface area contributed by atoms with Gasteiger partial charge in [-0.2, -0.15) is 0 Å². The standard InChI is InChI=1S/C13H24O.C2H6/c1-10-4-3-8-13(2)11(7-9-14)5-6-12(10)13;1-2/h10-12,14H,3-9H2,1-2H3;1-2H3/t10-,11+,12-,13+;/m0./s1. The molecule has 1 heteroatoms. The van der Waals surface area contributed by atoms with E-state index in [9.17, 15) is 0 Å². The summed E-state index contributed by atoms with van der Waals surface area (Å²) in [6.07, 6.45) is 8.09. The van der Waals surface area contributed by atoms with Crippen LogP contribution in [0.2, 0.25) is 0 Å². The van der Waals surface area contributed by atoms with Crippen molar-refractivity contribution in [3.05, 3.63) is 0 Å². The minimum atomic E-state index is 0.390. The molecule has 0 saturated heterocycles. The van der Waals surface area contributed by atoms with Crippen molar-refractivity contribution in [1.82, 2.24) is 0 Å². The Morgan fingerprint density at radius 2 is 1.88 bits per heavy atom. The number of fused-ring (bicyclic) bond motifs is 1. The number of rotatable bonds is 2. The van der Waals surface area contributed by atoms with Gasteiger partial charge in [0.05, 0.1) is 0 Å². The van der Waals surface area contributed by atoms with Crippen LogP contribution in [0.1, 0.15) is 66.2 Å². The van der Waals surface area contributed by atoms with Gasteiger partial charge in [0, 0.05) is 6.61 Å². The summed E-state index contributed by atoms with van der Waals surface area (Å²) in [5, 5.41) is 9.10. The van der Waals surface area contributed by atoms with Gasteiger partial charge < -0.3 is 5.11 Å². The first kappa shape index (κ1) is 14.0. The van der Waals surface area contributed by atoms with Crippen molar-refractivity contribution < 1.29 is 5.11 Å². The topological polar surface area (TPSA) is 20.2 Å². The molecule has 0 bridgehead atoms. The molecule has 0 aromatic heterocycles. The second-order valence-electron chi connectivity index (χ2n) is 5.77. The fourth-order valence-corrected chi connectivity index (χ4v) is 4.30. The number of hydrogen-bond donors (Lipinski definition) is 1. The van der Waals surface area contributed by atoms with Crippen LogP contribution >= 0.6 is 0 Å². The van der Waals surface area contributed by atoms with Gasteiger partial charge in [-0.1, -0.05) is 40.5 Å². The maximum absolute atomic E-state index is 9.10. The van der Waals surface area contributed by atoms with E-state index < -0.39 is 0 Å². The Bertz CT molecular complexity index is 202. The minimum absolute atomic E-state index is 0.390. The van der Waals surface area contributed by atoms with E-state index in [0.717, 1.165) is 24.2 Å². The van der Waals surface area contributed by atoms with Gasteiger partial charge in [-0.3, -0.25) is 0 Å². The first-order valence-corrected chi connectivity index (χ1v) is 7.29. The van der Waals surface area contributed by atoms with Crippen molar-refractivity contribution in [2.24, 2.45) is 23.2 Å². The van der Waals surface area contributed by atoms with Crippen LogP contribution in [-0.2, 0) is 0 Å². The van der Waals surface area contributed by atoms with Crippen molar-refractivity contribution >= 4 is 0 Å². The SMILES string of the molecule is CC.C[C@H]1CCC[C@]2(C)[C@@H](CCO)CC[C@@H]12. The van der Waals surface area contributed by atoms with Crippen LogP contribution in [0.5, 0.6) is 0 Å². The van der Waals surface area contributed by atoms with E-state index in [1.54, 1.807) is 0 Å². The van der Waals surface area contributed by atoms with Crippen molar-refractivity contribution in [2.75, 3.05) is 6.61 Å². The minimum Gasteiger partial charge on any atom is -0.396 e. The van der Waals surface area contributed by atoms with Crippen molar-refractivity contribution in [3.8, 4) is 0 Å². The normalized spacial score (nSPS) is 42.2. The summed E-state index contributed by atoms with van der Waals surface area (Å²) in [5.74, 6) is 2.69. The third kappa shape index (κ3) is 2.45. The fraction of sp³-hybridized carbons (Fsp3) is 1.00. The summed E-state index contributed by atoms with van der Waals surface area (Å²) < 4.78 is 0. The van der Waals surface area contributed by atoms with Crippen LogP contribution in [0.15, 0.2) is 0 Å². The van der Waals surface area contributed by atoms with Crippen molar-refractivity contribution in [2.45, 2.75) is 66.2 Å². The van der Waals surface area contributed by atoms with Crippen LogP contribution in [0.3, 0.4) is 0 Å². The molecule has 16 heavy (non-hydrogen) atoms. The van der Waals surface area contributed by atoms with Gasteiger partial charge in [0.15, 0.2) is 0 Å². The van der Waals surface area contributed by atoms with E-state index in [4.69, 9.17) is 5.11 Å². The molecule has 2 fully saturated rings. The summed E-state index contributed by atoms with van der Waals surface area (Å²) >= 11 is 0. The van der Waals surface area contributed by atoms with Gasteiger partial charge >= 0.3 is 0 Å². The molecule has 0 radical (unpaired) electrons. The molecule has 0 aliphatic heterocycles. The molecular formula is C15H30O. The molecule has 1 N–H and O–H groups in total. The lowest BCUT2D eigenvalue weighted by Gasteiger charge is -2.44. The quantitative estimate of drug-likeness (QED) is 0.746. The van der Waals surface area contributed by atoms with E-state index in [2.05, 4.69) is 13.8 Å². The molecule has 0 aromatic rings. The molecule has 2 aliphatic carbocycles. The zero-order chi connectivity index (χ0) is 12.2. The molecular weight excluding hydrogens is 196 g/mol. The predicted octanol–water partition coefficient (Wildman–Crippen LogP) is 4.25. The summed E-state index contributed by atoms with van der Waals surface area (Å²) in [5.41, 5.74) is 0.570. The summed E-state index contributed by atoms with van der Waals surface area (Å²) in [6.45, 7) is 9.31. The monoisotopic (exact) mass is 226 g/mol. The molecule has 2 rings (SSSR count). The van der Waals surface area contributed by atoms with Crippen LogP contribution < -0.4 is 0 Å². The van der Waals surface area contributed by atoms with Gasteiger partial charge in [0.1, 0.15) is 0 Å². The molecule has 0 unspecified atom stereocenters. The Labute approximate surface area is 102 Å². The summed E-state index contributed by atoms with van der Waals surface area (Å²) in [7, 11) is 0. The number of aliphatic hydroxyl groups is 1. The van der Waals surface area contributed by atoms with Gasteiger partial charge in [-0.05, 0) is 48.9 Å². The van der Waals surface area contributed by atoms with Gasteiger partial charge in [-0.25, -0.2) is 0 Å². The van der Waals surface area contributed by atoms with E-state index in [0.29, 0.717) is 12.0 Å². The molecule has 0 amide bonds. The molecule has 0 heterocycles. The largest absolute Gasteiger partial charge is 0.396 e. The van der Waals surface area contributed by atoms with Gasteiger partial charge in [0.25, 0.3) is 0 Å². The van der Waals surface area contributed by atoms with E-state index in [1.165, 1.54) is 32.1 Å². The maximum Gasteiger partial charge on any atom is 0.0433 e. The molecule has 2 aliphatic rings. The molecule has 1 nitrogen and oxygen atoms in total. The first-order chi connectivity index (χ1) is 7.68. The Balaban J connectivity index is 0.000000606. The third-order valence-electron chi connectivity index (χ3n) is 5.15. The van der Waals surface area contributed by atoms with Gasteiger partial charge in [0.2, 0.25) is 0 Å². The van der Waals surface area contributed by atoms with Crippen molar-refractivity contribution in [1.29, 1.82) is 0 Å². The number of aliphatic hydroxyl groups excluding tert-OH is 1. The Morgan fingerprint density at radius 3 is 2.50 bits per heavy atom. The molecule has 96 valence electrons. The summed E-state index contributed by atoms with van der Waals surface area (Å²) in [4.78, 5) is 0. The van der Waals surface area contributed by atoms with E-state index >= 15 is 0 Å². The molecule has 4 atom stereocenters. The molecule has 0 aromatic carbocycles. The summed E-state index contributed by atoms with van der Waals surface area (Å²) in [6, 6.07) is 0. The lowest BCUT2D eigenvalue weighted by Crippen LogP contribution is -2.36. The van der Waals surface area contributed by atoms with Gasteiger partial charge in [-0.15, -0.1) is 0 Å². The fourth-order valence-electron chi connectivity index (χ4n) is 4.30.